The fourth-order valence-corrected chi connectivity index (χ4v) is 3.46. The monoisotopic (exact) mass is 279 g/mol. The third-order valence-corrected chi connectivity index (χ3v) is 4.75. The van der Waals surface area contributed by atoms with Crippen LogP contribution in [0.15, 0.2) is 54.6 Å². The van der Waals surface area contributed by atoms with Gasteiger partial charge in [-0.1, -0.05) is 54.6 Å². The number of hydrogen-bond acceptors (Lipinski definition) is 1. The van der Waals surface area contributed by atoms with Crippen LogP contribution < -0.4 is 0 Å². The zero-order valence-corrected chi connectivity index (χ0v) is 13.1. The van der Waals surface area contributed by atoms with Crippen LogP contribution in [-0.4, -0.2) is 24.0 Å². The second-order valence-electron chi connectivity index (χ2n) is 6.36. The van der Waals surface area contributed by atoms with E-state index in [-0.39, 0.29) is 0 Å². The maximum Gasteiger partial charge on any atom is 0.00385 e. The molecule has 0 radical (unpaired) electrons. The summed E-state index contributed by atoms with van der Waals surface area (Å²) in [5.41, 5.74) is 4.30. The summed E-state index contributed by atoms with van der Waals surface area (Å²) in [6.07, 6.45) is 2.56. The third-order valence-electron chi connectivity index (χ3n) is 4.75. The van der Waals surface area contributed by atoms with Gasteiger partial charge in [-0.05, 0) is 62.4 Å². The molecule has 1 aliphatic rings. The van der Waals surface area contributed by atoms with Crippen LogP contribution in [0, 0.1) is 0 Å². The molecule has 0 aromatic heterocycles. The minimum atomic E-state index is 0.676. The fraction of sp³-hybridized carbons (Fsp3) is 0.400. The van der Waals surface area contributed by atoms with Crippen LogP contribution in [0.1, 0.15) is 38.2 Å². The van der Waals surface area contributed by atoms with Gasteiger partial charge < -0.3 is 4.90 Å². The van der Waals surface area contributed by atoms with Crippen molar-refractivity contribution in [3.8, 4) is 11.1 Å². The van der Waals surface area contributed by atoms with E-state index < -0.39 is 0 Å². The molecule has 1 saturated heterocycles. The van der Waals surface area contributed by atoms with E-state index in [1.807, 2.05) is 0 Å². The van der Waals surface area contributed by atoms with E-state index >= 15 is 0 Å². The first-order valence-electron chi connectivity index (χ1n) is 8.14. The van der Waals surface area contributed by atoms with E-state index in [1.54, 1.807) is 0 Å². The summed E-state index contributed by atoms with van der Waals surface area (Å²) < 4.78 is 0. The smallest absolute Gasteiger partial charge is 0.00385 e. The van der Waals surface area contributed by atoms with Crippen molar-refractivity contribution >= 4 is 0 Å². The van der Waals surface area contributed by atoms with E-state index in [9.17, 15) is 0 Å². The van der Waals surface area contributed by atoms with Gasteiger partial charge in [-0.25, -0.2) is 0 Å². The second-order valence-corrected chi connectivity index (χ2v) is 6.36. The molecule has 0 atom stereocenters. The van der Waals surface area contributed by atoms with Crippen LogP contribution in [-0.2, 0) is 0 Å². The largest absolute Gasteiger partial charge is 0.301 e. The third kappa shape index (κ3) is 3.19. The number of likely N-dealkylation sites (tertiary alicyclic amines) is 1. The first kappa shape index (κ1) is 14.3. The molecule has 1 aliphatic heterocycles. The van der Waals surface area contributed by atoms with Crippen LogP contribution in [0.3, 0.4) is 0 Å². The summed E-state index contributed by atoms with van der Waals surface area (Å²) in [7, 11) is 0. The first-order valence-corrected chi connectivity index (χ1v) is 8.14. The summed E-state index contributed by atoms with van der Waals surface area (Å²) in [5, 5.41) is 0. The summed E-state index contributed by atoms with van der Waals surface area (Å²) in [5.74, 6) is 0.705. The van der Waals surface area contributed by atoms with Crippen LogP contribution in [0.5, 0.6) is 0 Å². The lowest BCUT2D eigenvalue weighted by molar-refractivity contribution is 0.172. The zero-order chi connectivity index (χ0) is 14.7. The molecule has 0 bridgehead atoms. The number of rotatable bonds is 3. The lowest BCUT2D eigenvalue weighted by Crippen LogP contribution is -2.37. The van der Waals surface area contributed by atoms with Crippen molar-refractivity contribution in [3.05, 3.63) is 60.2 Å². The van der Waals surface area contributed by atoms with Gasteiger partial charge in [0.15, 0.2) is 0 Å². The quantitative estimate of drug-likeness (QED) is 0.769. The van der Waals surface area contributed by atoms with E-state index in [0.717, 1.165) is 0 Å². The lowest BCUT2D eigenvalue weighted by Gasteiger charge is -2.35. The SMILES string of the molecule is CC(C)N1CCC(c2ccccc2-c2ccccc2)CC1. The average Bonchev–Trinajstić information content (AvgIpc) is 2.56. The van der Waals surface area contributed by atoms with Crippen LogP contribution >= 0.6 is 0 Å². The summed E-state index contributed by atoms with van der Waals surface area (Å²) in [4.78, 5) is 2.60. The van der Waals surface area contributed by atoms with Crippen molar-refractivity contribution < 1.29 is 0 Å². The van der Waals surface area contributed by atoms with Gasteiger partial charge in [0.05, 0.1) is 0 Å². The molecule has 0 unspecified atom stereocenters. The Hall–Kier alpha value is -1.60. The first-order chi connectivity index (χ1) is 10.3. The van der Waals surface area contributed by atoms with Gasteiger partial charge in [-0.15, -0.1) is 0 Å². The standard InChI is InChI=1S/C20H25N/c1-16(2)21-14-12-18(13-15-21)20-11-7-6-10-19(20)17-8-4-3-5-9-17/h3-11,16,18H,12-15H2,1-2H3. The Morgan fingerprint density at radius 3 is 2.14 bits per heavy atom. The molecule has 0 spiro atoms. The van der Waals surface area contributed by atoms with Gasteiger partial charge in [0.25, 0.3) is 0 Å². The molecule has 0 amide bonds. The number of benzene rings is 2. The molecule has 0 saturated carbocycles. The fourth-order valence-electron chi connectivity index (χ4n) is 3.46. The van der Waals surface area contributed by atoms with Crippen LogP contribution in [0.25, 0.3) is 11.1 Å². The van der Waals surface area contributed by atoms with Gasteiger partial charge in [-0.3, -0.25) is 0 Å². The van der Waals surface area contributed by atoms with Crippen LogP contribution in [0.4, 0.5) is 0 Å². The maximum atomic E-state index is 2.60. The highest BCUT2D eigenvalue weighted by Crippen LogP contribution is 2.35. The minimum absolute atomic E-state index is 0.676. The number of piperidine rings is 1. The summed E-state index contributed by atoms with van der Waals surface area (Å²) in [6, 6.07) is 20.4. The normalized spacial score (nSPS) is 17.3. The molecule has 1 fully saturated rings. The van der Waals surface area contributed by atoms with Crippen molar-refractivity contribution in [2.75, 3.05) is 13.1 Å². The van der Waals surface area contributed by atoms with Gasteiger partial charge in [0, 0.05) is 6.04 Å². The molecule has 1 heterocycles. The molecule has 3 rings (SSSR count). The zero-order valence-electron chi connectivity index (χ0n) is 13.1. The van der Waals surface area contributed by atoms with Crippen molar-refractivity contribution in [2.45, 2.75) is 38.6 Å². The van der Waals surface area contributed by atoms with Crippen molar-refractivity contribution in [1.29, 1.82) is 0 Å². The minimum Gasteiger partial charge on any atom is -0.301 e. The molecule has 1 nitrogen and oxygen atoms in total. The molecule has 21 heavy (non-hydrogen) atoms. The second kappa shape index (κ2) is 6.44. The molecule has 2 aromatic rings. The molecular weight excluding hydrogens is 254 g/mol. The van der Waals surface area contributed by atoms with Crippen LogP contribution in [0.2, 0.25) is 0 Å². The highest BCUT2D eigenvalue weighted by Gasteiger charge is 2.23. The maximum absolute atomic E-state index is 2.60. The molecule has 1 heteroatoms. The lowest BCUT2D eigenvalue weighted by atomic mass is 9.84. The number of nitrogens with zero attached hydrogens (tertiary/aromatic N) is 1. The average molecular weight is 279 g/mol. The van der Waals surface area contributed by atoms with Crippen molar-refractivity contribution in [1.82, 2.24) is 4.90 Å². The number of hydrogen-bond donors (Lipinski definition) is 0. The van der Waals surface area contributed by atoms with Gasteiger partial charge in [-0.2, -0.15) is 0 Å². The molecular formula is C20H25N. The van der Waals surface area contributed by atoms with Crippen molar-refractivity contribution in [3.63, 3.8) is 0 Å². The van der Waals surface area contributed by atoms with E-state index in [2.05, 4.69) is 73.3 Å². The van der Waals surface area contributed by atoms with Crippen molar-refractivity contribution in [2.24, 2.45) is 0 Å². The van der Waals surface area contributed by atoms with E-state index in [4.69, 9.17) is 0 Å². The van der Waals surface area contributed by atoms with E-state index in [1.165, 1.54) is 42.6 Å². The Kier molecular flexibility index (Phi) is 4.40. The van der Waals surface area contributed by atoms with Gasteiger partial charge in [0.1, 0.15) is 0 Å². The Bertz CT molecular complexity index is 565. The summed E-state index contributed by atoms with van der Waals surface area (Å²) in [6.45, 7) is 7.06. The summed E-state index contributed by atoms with van der Waals surface area (Å²) >= 11 is 0. The Labute approximate surface area is 128 Å². The van der Waals surface area contributed by atoms with Gasteiger partial charge >= 0.3 is 0 Å². The van der Waals surface area contributed by atoms with E-state index in [0.29, 0.717) is 12.0 Å². The predicted octanol–water partition coefficient (Wildman–Crippen LogP) is 4.94. The topological polar surface area (TPSA) is 3.24 Å². The molecule has 0 aliphatic carbocycles. The molecule has 110 valence electrons. The molecule has 0 N–H and O–H groups in total. The Morgan fingerprint density at radius 1 is 0.857 bits per heavy atom. The Morgan fingerprint density at radius 2 is 1.48 bits per heavy atom. The highest BCUT2D eigenvalue weighted by atomic mass is 15.1. The molecule has 2 aromatic carbocycles. The predicted molar refractivity (Wildman–Crippen MR) is 90.6 cm³/mol. The Balaban J connectivity index is 1.84. The van der Waals surface area contributed by atoms with Gasteiger partial charge in [0.2, 0.25) is 0 Å². The highest BCUT2D eigenvalue weighted by molar-refractivity contribution is 5.68.